The van der Waals surface area contributed by atoms with Crippen molar-refractivity contribution in [2.24, 2.45) is 0 Å². The number of hydrogen-bond donors (Lipinski definition) is 3. The molecule has 2 aliphatic rings. The third-order valence-corrected chi connectivity index (χ3v) is 4.82. The van der Waals surface area contributed by atoms with Crippen LogP contribution in [0.2, 0.25) is 0 Å². The minimum Gasteiger partial charge on any atom is -0.334 e. The molecule has 8 nitrogen and oxygen atoms in total. The lowest BCUT2D eigenvalue weighted by atomic mass is 10.0. The Morgan fingerprint density at radius 1 is 1.28 bits per heavy atom. The predicted molar refractivity (Wildman–Crippen MR) is 106 cm³/mol. The highest BCUT2D eigenvalue weighted by Gasteiger charge is 2.39. The first kappa shape index (κ1) is 20.1. The van der Waals surface area contributed by atoms with E-state index in [4.69, 9.17) is 0 Å². The number of nitrogens with one attached hydrogen (secondary N) is 3. The molecule has 0 saturated carbocycles. The molecule has 29 heavy (non-hydrogen) atoms. The van der Waals surface area contributed by atoms with E-state index in [2.05, 4.69) is 29.1 Å². The van der Waals surface area contributed by atoms with Gasteiger partial charge in [0.25, 0.3) is 5.91 Å². The Hall–Kier alpha value is -3.68. The fourth-order valence-corrected chi connectivity index (χ4v) is 3.36. The van der Waals surface area contributed by atoms with Crippen LogP contribution in [0.15, 0.2) is 55.3 Å². The molecule has 0 bridgehead atoms. The summed E-state index contributed by atoms with van der Waals surface area (Å²) in [6.45, 7) is 7.72. The largest absolute Gasteiger partial charge is 0.334 e. The lowest BCUT2D eigenvalue weighted by molar-refractivity contribution is -0.136. The molecule has 1 saturated heterocycles. The number of piperidine rings is 1. The van der Waals surface area contributed by atoms with Crippen molar-refractivity contribution in [3.63, 3.8) is 0 Å². The number of allylic oxidation sites excluding steroid dienone is 3. The number of hydrogen-bond acceptors (Lipinski definition) is 4. The van der Waals surface area contributed by atoms with Gasteiger partial charge in [0.1, 0.15) is 6.04 Å². The van der Waals surface area contributed by atoms with E-state index in [0.717, 1.165) is 11.1 Å². The third kappa shape index (κ3) is 4.43. The molecule has 0 aromatic heterocycles. The molecule has 8 heteroatoms. The van der Waals surface area contributed by atoms with Gasteiger partial charge in [-0.25, -0.2) is 4.79 Å². The number of urea groups is 1. The molecule has 2 heterocycles. The molecular weight excluding hydrogens is 372 g/mol. The Labute approximate surface area is 168 Å². The maximum atomic E-state index is 12.8. The molecule has 0 spiro atoms. The SMILES string of the molecule is C=C/C=C(\C=C)NC(=O)NCc1ccc2c(c1)C(=O)N(C1CCC(=O)NC1=O)C2. The molecule has 0 radical (unpaired) electrons. The van der Waals surface area contributed by atoms with Gasteiger partial charge in [-0.2, -0.15) is 0 Å². The summed E-state index contributed by atoms with van der Waals surface area (Å²) in [5, 5.41) is 7.63. The van der Waals surface area contributed by atoms with Gasteiger partial charge < -0.3 is 15.5 Å². The molecule has 2 aliphatic heterocycles. The Morgan fingerprint density at radius 3 is 2.76 bits per heavy atom. The molecule has 1 aromatic carbocycles. The second kappa shape index (κ2) is 8.55. The van der Waals surface area contributed by atoms with E-state index >= 15 is 0 Å². The summed E-state index contributed by atoms with van der Waals surface area (Å²) < 4.78 is 0. The van der Waals surface area contributed by atoms with E-state index in [1.807, 2.05) is 12.1 Å². The van der Waals surface area contributed by atoms with Crippen LogP contribution in [0.3, 0.4) is 0 Å². The van der Waals surface area contributed by atoms with E-state index in [1.54, 1.807) is 12.1 Å². The second-order valence-corrected chi connectivity index (χ2v) is 6.76. The summed E-state index contributed by atoms with van der Waals surface area (Å²) in [5.41, 5.74) is 2.59. The maximum Gasteiger partial charge on any atom is 0.319 e. The summed E-state index contributed by atoms with van der Waals surface area (Å²) in [4.78, 5) is 49.7. The number of amides is 5. The van der Waals surface area contributed by atoms with Crippen molar-refractivity contribution in [1.29, 1.82) is 0 Å². The normalized spacial score (nSPS) is 18.8. The molecule has 3 N–H and O–H groups in total. The molecule has 0 aliphatic carbocycles. The average Bonchev–Trinajstić information content (AvgIpc) is 3.02. The van der Waals surface area contributed by atoms with Crippen LogP contribution in [-0.2, 0) is 22.7 Å². The van der Waals surface area contributed by atoms with Crippen LogP contribution in [0.25, 0.3) is 0 Å². The number of fused-ring (bicyclic) bond motifs is 1. The minimum absolute atomic E-state index is 0.216. The smallest absolute Gasteiger partial charge is 0.319 e. The van der Waals surface area contributed by atoms with Crippen molar-refractivity contribution in [2.75, 3.05) is 0 Å². The lowest BCUT2D eigenvalue weighted by Gasteiger charge is -2.29. The van der Waals surface area contributed by atoms with Crippen LogP contribution in [0, 0.1) is 0 Å². The summed E-state index contributed by atoms with van der Waals surface area (Å²) >= 11 is 0. The van der Waals surface area contributed by atoms with Crippen molar-refractivity contribution in [2.45, 2.75) is 32.0 Å². The predicted octanol–water partition coefficient (Wildman–Crippen LogP) is 1.50. The lowest BCUT2D eigenvalue weighted by Crippen LogP contribution is -2.52. The molecule has 1 unspecified atom stereocenters. The number of rotatable bonds is 6. The van der Waals surface area contributed by atoms with Gasteiger partial charge in [-0.05, 0) is 35.8 Å². The van der Waals surface area contributed by atoms with E-state index in [0.29, 0.717) is 24.2 Å². The monoisotopic (exact) mass is 394 g/mol. The van der Waals surface area contributed by atoms with E-state index in [-0.39, 0.29) is 24.8 Å². The average molecular weight is 394 g/mol. The fourth-order valence-electron chi connectivity index (χ4n) is 3.36. The Morgan fingerprint density at radius 2 is 2.07 bits per heavy atom. The highest BCUT2D eigenvalue weighted by atomic mass is 16.2. The molecule has 3 rings (SSSR count). The first-order chi connectivity index (χ1) is 13.9. The standard InChI is InChI=1S/C21H22N4O4/c1-3-5-15(4-2)23-21(29)22-11-13-6-7-14-12-25(20(28)16(14)10-13)17-8-9-18(26)24-19(17)27/h3-7,10,17H,1-2,8-9,11-12H2,(H2,22,23,29)(H,24,26,27)/b15-5+. The zero-order chi connectivity index (χ0) is 21.0. The van der Waals surface area contributed by atoms with Gasteiger partial charge >= 0.3 is 6.03 Å². The molecule has 150 valence electrons. The van der Waals surface area contributed by atoms with Gasteiger partial charge in [0.15, 0.2) is 0 Å². The van der Waals surface area contributed by atoms with Crippen LogP contribution in [-0.4, -0.2) is 34.7 Å². The van der Waals surface area contributed by atoms with E-state index < -0.39 is 18.0 Å². The summed E-state index contributed by atoms with van der Waals surface area (Å²) in [7, 11) is 0. The van der Waals surface area contributed by atoms with Crippen LogP contribution in [0.1, 0.15) is 34.3 Å². The van der Waals surface area contributed by atoms with Crippen molar-refractivity contribution in [3.8, 4) is 0 Å². The van der Waals surface area contributed by atoms with E-state index in [1.165, 1.54) is 17.1 Å². The molecular formula is C21H22N4O4. The zero-order valence-corrected chi connectivity index (χ0v) is 15.9. The number of benzene rings is 1. The first-order valence-electron chi connectivity index (χ1n) is 9.19. The third-order valence-electron chi connectivity index (χ3n) is 4.82. The minimum atomic E-state index is -0.645. The molecule has 5 amide bonds. The number of carbonyl (C=O) groups is 4. The highest BCUT2D eigenvalue weighted by Crippen LogP contribution is 2.28. The molecule has 1 aromatic rings. The van der Waals surface area contributed by atoms with Gasteiger partial charge in [0.05, 0.1) is 0 Å². The van der Waals surface area contributed by atoms with Gasteiger partial charge in [-0.3, -0.25) is 19.7 Å². The van der Waals surface area contributed by atoms with E-state index in [9.17, 15) is 19.2 Å². The number of imide groups is 1. The van der Waals surface area contributed by atoms with Gasteiger partial charge in [0.2, 0.25) is 11.8 Å². The summed E-state index contributed by atoms with van der Waals surface area (Å²) in [5.74, 6) is -1.00. The zero-order valence-electron chi connectivity index (χ0n) is 15.9. The highest BCUT2D eigenvalue weighted by molar-refractivity contribution is 6.05. The summed E-state index contributed by atoms with van der Waals surface area (Å²) in [6, 6.07) is 4.32. The fraction of sp³-hybridized carbons (Fsp3) is 0.238. The van der Waals surface area contributed by atoms with Crippen molar-refractivity contribution >= 4 is 23.8 Å². The van der Waals surface area contributed by atoms with Crippen LogP contribution < -0.4 is 16.0 Å². The Bertz CT molecular complexity index is 935. The van der Waals surface area contributed by atoms with Crippen LogP contribution >= 0.6 is 0 Å². The Kier molecular flexibility index (Phi) is 5.92. The van der Waals surface area contributed by atoms with Crippen LogP contribution in [0.5, 0.6) is 0 Å². The van der Waals surface area contributed by atoms with Crippen LogP contribution in [0.4, 0.5) is 4.79 Å². The molecule has 1 fully saturated rings. The molecule has 1 atom stereocenters. The first-order valence-corrected chi connectivity index (χ1v) is 9.19. The summed E-state index contributed by atoms with van der Waals surface area (Å²) in [6.07, 6.45) is 5.19. The second-order valence-electron chi connectivity index (χ2n) is 6.76. The number of nitrogens with zero attached hydrogens (tertiary/aromatic N) is 1. The van der Waals surface area contributed by atoms with Gasteiger partial charge in [-0.1, -0.05) is 31.4 Å². The Balaban J connectivity index is 1.64. The van der Waals surface area contributed by atoms with Crippen molar-refractivity contribution in [3.05, 3.63) is 72.0 Å². The maximum absolute atomic E-state index is 12.8. The van der Waals surface area contributed by atoms with Gasteiger partial charge in [0, 0.05) is 30.8 Å². The van der Waals surface area contributed by atoms with Crippen molar-refractivity contribution < 1.29 is 19.2 Å². The van der Waals surface area contributed by atoms with Crippen molar-refractivity contribution in [1.82, 2.24) is 20.9 Å². The topological polar surface area (TPSA) is 108 Å². The number of carbonyl (C=O) groups excluding carboxylic acids is 4. The quantitative estimate of drug-likeness (QED) is 0.502. The van der Waals surface area contributed by atoms with Gasteiger partial charge in [-0.15, -0.1) is 0 Å².